The Labute approximate surface area is 150 Å². The van der Waals surface area contributed by atoms with Crippen molar-refractivity contribution in [3.8, 4) is 5.69 Å². The van der Waals surface area contributed by atoms with Gasteiger partial charge in [0.05, 0.1) is 18.0 Å². The summed E-state index contributed by atoms with van der Waals surface area (Å²) in [6, 6.07) is 10.2. The first kappa shape index (κ1) is 18.1. The molecular formula is C20H29N3O2. The second-order valence-corrected chi connectivity index (χ2v) is 7.35. The summed E-state index contributed by atoms with van der Waals surface area (Å²) in [6.45, 7) is 7.62. The van der Waals surface area contributed by atoms with Crippen molar-refractivity contribution in [3.05, 3.63) is 47.8 Å². The number of aromatic nitrogens is 2. The highest BCUT2D eigenvalue weighted by Crippen LogP contribution is 2.29. The summed E-state index contributed by atoms with van der Waals surface area (Å²) in [7, 11) is 0. The van der Waals surface area contributed by atoms with Gasteiger partial charge in [-0.25, -0.2) is 4.68 Å². The quantitative estimate of drug-likeness (QED) is 0.812. The van der Waals surface area contributed by atoms with E-state index >= 15 is 0 Å². The Morgan fingerprint density at radius 1 is 1.24 bits per heavy atom. The highest BCUT2D eigenvalue weighted by atomic mass is 16.5. The number of benzene rings is 1. The van der Waals surface area contributed by atoms with E-state index in [2.05, 4.69) is 37.5 Å². The van der Waals surface area contributed by atoms with Crippen LogP contribution >= 0.6 is 0 Å². The summed E-state index contributed by atoms with van der Waals surface area (Å²) in [6.07, 6.45) is 3.95. The molecule has 5 nitrogen and oxygen atoms in total. The molecule has 0 aliphatic carbocycles. The molecule has 0 amide bonds. The minimum Gasteiger partial charge on any atom is -0.396 e. The van der Waals surface area contributed by atoms with Gasteiger partial charge in [-0.15, -0.1) is 0 Å². The number of nitrogens with zero attached hydrogens (tertiary/aromatic N) is 2. The van der Waals surface area contributed by atoms with Crippen molar-refractivity contribution in [2.24, 2.45) is 5.41 Å². The Balaban J connectivity index is 1.70. The molecule has 0 bridgehead atoms. The van der Waals surface area contributed by atoms with Crippen molar-refractivity contribution in [3.63, 3.8) is 0 Å². The molecule has 1 aromatic heterocycles. The van der Waals surface area contributed by atoms with Gasteiger partial charge in [0, 0.05) is 43.5 Å². The molecule has 0 unspecified atom stereocenters. The molecule has 3 rings (SSSR count). The van der Waals surface area contributed by atoms with E-state index in [1.54, 1.807) is 0 Å². The first-order valence-corrected chi connectivity index (χ1v) is 9.17. The molecule has 2 N–H and O–H groups in total. The van der Waals surface area contributed by atoms with E-state index < -0.39 is 0 Å². The van der Waals surface area contributed by atoms with Crippen molar-refractivity contribution >= 4 is 0 Å². The largest absolute Gasteiger partial charge is 0.396 e. The minimum absolute atomic E-state index is 0.0499. The molecule has 1 fully saturated rings. The van der Waals surface area contributed by atoms with Gasteiger partial charge in [0.15, 0.2) is 0 Å². The van der Waals surface area contributed by atoms with Crippen LogP contribution in [0.15, 0.2) is 36.5 Å². The van der Waals surface area contributed by atoms with Crippen molar-refractivity contribution in [2.45, 2.75) is 39.2 Å². The fourth-order valence-electron chi connectivity index (χ4n) is 3.42. The van der Waals surface area contributed by atoms with Crippen LogP contribution in [0.1, 0.15) is 43.9 Å². The maximum Gasteiger partial charge on any atom is 0.0699 e. The van der Waals surface area contributed by atoms with Crippen molar-refractivity contribution in [2.75, 3.05) is 26.4 Å². The third-order valence-corrected chi connectivity index (χ3v) is 5.09. The summed E-state index contributed by atoms with van der Waals surface area (Å²) in [4.78, 5) is 0. The molecule has 2 aromatic rings. The molecule has 0 atom stereocenters. The lowest BCUT2D eigenvalue weighted by atomic mass is 9.81. The third kappa shape index (κ3) is 4.29. The number of aliphatic hydroxyl groups excluding tert-OH is 1. The number of nitrogens with one attached hydrogen (secondary N) is 1. The van der Waals surface area contributed by atoms with Crippen molar-refractivity contribution in [1.29, 1.82) is 0 Å². The van der Waals surface area contributed by atoms with Gasteiger partial charge in [-0.05, 0) is 30.9 Å². The van der Waals surface area contributed by atoms with Gasteiger partial charge < -0.3 is 15.2 Å². The molecule has 136 valence electrons. The molecule has 25 heavy (non-hydrogen) atoms. The molecule has 1 saturated heterocycles. The van der Waals surface area contributed by atoms with Gasteiger partial charge in [0.25, 0.3) is 0 Å². The number of hydrogen-bond acceptors (Lipinski definition) is 4. The van der Waals surface area contributed by atoms with Crippen LogP contribution in [0.2, 0.25) is 0 Å². The Morgan fingerprint density at radius 2 is 1.96 bits per heavy atom. The monoisotopic (exact) mass is 343 g/mol. The van der Waals surface area contributed by atoms with E-state index in [0.29, 0.717) is 5.92 Å². The highest BCUT2D eigenvalue weighted by molar-refractivity contribution is 5.33. The summed E-state index contributed by atoms with van der Waals surface area (Å²) >= 11 is 0. The van der Waals surface area contributed by atoms with Gasteiger partial charge in [-0.3, -0.25) is 0 Å². The maximum absolute atomic E-state index is 9.82. The van der Waals surface area contributed by atoms with Crippen molar-refractivity contribution in [1.82, 2.24) is 15.1 Å². The Hall–Kier alpha value is -1.69. The highest BCUT2D eigenvalue weighted by Gasteiger charge is 2.31. The molecule has 0 radical (unpaired) electrons. The van der Waals surface area contributed by atoms with Crippen LogP contribution in [0.4, 0.5) is 0 Å². The van der Waals surface area contributed by atoms with Gasteiger partial charge in [-0.1, -0.05) is 32.0 Å². The Morgan fingerprint density at radius 3 is 2.60 bits per heavy atom. The standard InChI is InChI=1S/C20H29N3O2/c1-16(2)19-17(13-23(22-19)18-6-4-3-5-7-18)12-21-14-20(15-24)8-10-25-11-9-20/h3-7,13,16,21,24H,8-12,14-15H2,1-2H3. The summed E-state index contributed by atoms with van der Waals surface area (Å²) in [5, 5.41) is 18.2. The predicted molar refractivity (Wildman–Crippen MR) is 98.9 cm³/mol. The normalized spacial score (nSPS) is 17.1. The minimum atomic E-state index is -0.0499. The lowest BCUT2D eigenvalue weighted by molar-refractivity contribution is -0.0154. The third-order valence-electron chi connectivity index (χ3n) is 5.09. The van der Waals surface area contributed by atoms with Crippen molar-refractivity contribution < 1.29 is 9.84 Å². The van der Waals surface area contributed by atoms with E-state index in [1.165, 1.54) is 5.56 Å². The average Bonchev–Trinajstić information content (AvgIpc) is 3.08. The van der Waals surface area contributed by atoms with E-state index in [4.69, 9.17) is 9.84 Å². The zero-order valence-electron chi connectivity index (χ0n) is 15.2. The Bertz CT molecular complexity index is 661. The topological polar surface area (TPSA) is 59.3 Å². The lowest BCUT2D eigenvalue weighted by Crippen LogP contribution is -2.41. The second kappa shape index (κ2) is 8.13. The van der Waals surface area contributed by atoms with Crippen LogP contribution < -0.4 is 5.32 Å². The molecule has 1 aromatic carbocycles. The fraction of sp³-hybridized carbons (Fsp3) is 0.550. The zero-order chi connectivity index (χ0) is 17.7. The number of hydrogen-bond donors (Lipinski definition) is 2. The summed E-state index contributed by atoms with van der Waals surface area (Å²) < 4.78 is 7.40. The van der Waals surface area contributed by atoms with Gasteiger partial charge in [-0.2, -0.15) is 5.10 Å². The first-order chi connectivity index (χ1) is 12.1. The van der Waals surface area contributed by atoms with E-state index in [9.17, 15) is 5.11 Å². The van der Waals surface area contributed by atoms with Crippen LogP contribution in [0, 0.1) is 5.41 Å². The first-order valence-electron chi connectivity index (χ1n) is 9.17. The van der Waals surface area contributed by atoms with E-state index in [1.807, 2.05) is 22.9 Å². The zero-order valence-corrected chi connectivity index (χ0v) is 15.2. The van der Waals surface area contributed by atoms with E-state index in [-0.39, 0.29) is 12.0 Å². The smallest absolute Gasteiger partial charge is 0.0699 e. The van der Waals surface area contributed by atoms with Crippen LogP contribution in [-0.4, -0.2) is 41.3 Å². The lowest BCUT2D eigenvalue weighted by Gasteiger charge is -2.35. The van der Waals surface area contributed by atoms with Gasteiger partial charge in [0.2, 0.25) is 0 Å². The van der Waals surface area contributed by atoms with Crippen LogP contribution in [0.5, 0.6) is 0 Å². The number of aliphatic hydroxyl groups is 1. The van der Waals surface area contributed by atoms with E-state index in [0.717, 1.165) is 50.5 Å². The van der Waals surface area contributed by atoms with Crippen LogP contribution in [0.3, 0.4) is 0 Å². The molecule has 0 spiro atoms. The molecule has 1 aliphatic rings. The number of para-hydroxylation sites is 1. The summed E-state index contributed by atoms with van der Waals surface area (Å²) in [5.74, 6) is 0.372. The Kier molecular flexibility index (Phi) is 5.89. The molecular weight excluding hydrogens is 314 g/mol. The summed E-state index contributed by atoms with van der Waals surface area (Å²) in [5.41, 5.74) is 3.37. The van der Waals surface area contributed by atoms with Crippen LogP contribution in [0.25, 0.3) is 5.69 Å². The number of rotatable bonds is 7. The van der Waals surface area contributed by atoms with Crippen LogP contribution in [-0.2, 0) is 11.3 Å². The number of ether oxygens (including phenoxy) is 1. The fourth-order valence-corrected chi connectivity index (χ4v) is 3.42. The molecule has 0 saturated carbocycles. The molecule has 1 aliphatic heterocycles. The average molecular weight is 343 g/mol. The SMILES string of the molecule is CC(C)c1nn(-c2ccccc2)cc1CNCC1(CO)CCOCC1. The van der Waals surface area contributed by atoms with Gasteiger partial charge in [0.1, 0.15) is 0 Å². The molecule has 5 heteroatoms. The van der Waals surface area contributed by atoms with Gasteiger partial charge >= 0.3 is 0 Å². The molecule has 2 heterocycles. The maximum atomic E-state index is 9.82. The predicted octanol–water partition coefficient (Wildman–Crippen LogP) is 2.87. The second-order valence-electron chi connectivity index (χ2n) is 7.35.